The molecule has 0 aliphatic heterocycles. The van der Waals surface area contributed by atoms with E-state index in [0.717, 1.165) is 12.1 Å². The normalized spacial score (nSPS) is 12.9. The Morgan fingerprint density at radius 2 is 2.05 bits per heavy atom. The van der Waals surface area contributed by atoms with Crippen LogP contribution in [-0.4, -0.2) is 12.5 Å². The van der Waals surface area contributed by atoms with Crippen LogP contribution in [0.3, 0.4) is 0 Å². The Bertz CT molecular complexity index is 470. The molecule has 0 heterocycles. The summed E-state index contributed by atoms with van der Waals surface area (Å²) in [6, 6.07) is 2.98. The van der Waals surface area contributed by atoms with E-state index in [0.29, 0.717) is 12.5 Å². The predicted molar refractivity (Wildman–Crippen MR) is 71.4 cm³/mol. The quantitative estimate of drug-likeness (QED) is 0.659. The summed E-state index contributed by atoms with van der Waals surface area (Å²) in [4.78, 5) is 4.00. The van der Waals surface area contributed by atoms with Gasteiger partial charge in [0.1, 0.15) is 0 Å². The highest BCUT2D eigenvalue weighted by Gasteiger charge is 2.30. The lowest BCUT2D eigenvalue weighted by Gasteiger charge is -2.12. The number of aliphatic imine (C=N–C) groups is 1. The van der Waals surface area contributed by atoms with Crippen LogP contribution in [0.4, 0.5) is 18.9 Å². The van der Waals surface area contributed by atoms with Gasteiger partial charge < -0.3 is 11.1 Å². The standard InChI is InChI=1S/C12H15ClF3N3/c1-7(2)6-18-11(17)19-10-5-8(12(14,15)16)3-4-9(10)13/h3-5,7H,6H2,1-2H3,(H3,17,18,19). The number of hydrogen-bond acceptors (Lipinski definition) is 1. The van der Waals surface area contributed by atoms with E-state index in [1.807, 2.05) is 13.8 Å². The fourth-order valence-corrected chi connectivity index (χ4v) is 1.42. The molecule has 1 aromatic carbocycles. The minimum atomic E-state index is -4.43. The van der Waals surface area contributed by atoms with Crippen LogP contribution in [0.25, 0.3) is 0 Å². The highest BCUT2D eigenvalue weighted by molar-refractivity contribution is 6.33. The van der Waals surface area contributed by atoms with Crippen LogP contribution in [0.1, 0.15) is 19.4 Å². The molecule has 0 unspecified atom stereocenters. The van der Waals surface area contributed by atoms with Crippen molar-refractivity contribution in [3.05, 3.63) is 28.8 Å². The zero-order valence-corrected chi connectivity index (χ0v) is 11.3. The Balaban J connectivity index is 2.92. The molecule has 0 bridgehead atoms. The number of nitrogens with one attached hydrogen (secondary N) is 1. The Kier molecular flexibility index (Phi) is 5.05. The average Bonchev–Trinajstić information content (AvgIpc) is 2.28. The molecular formula is C12H15ClF3N3. The van der Waals surface area contributed by atoms with Gasteiger partial charge in [-0.3, -0.25) is 4.99 Å². The van der Waals surface area contributed by atoms with E-state index in [-0.39, 0.29) is 16.7 Å². The molecule has 0 aromatic heterocycles. The minimum Gasteiger partial charge on any atom is -0.370 e. The summed E-state index contributed by atoms with van der Waals surface area (Å²) in [6.45, 7) is 4.39. The molecule has 3 N–H and O–H groups in total. The summed E-state index contributed by atoms with van der Waals surface area (Å²) < 4.78 is 37.7. The van der Waals surface area contributed by atoms with Crippen molar-refractivity contribution < 1.29 is 13.2 Å². The van der Waals surface area contributed by atoms with Crippen LogP contribution in [0.15, 0.2) is 23.2 Å². The van der Waals surface area contributed by atoms with Crippen LogP contribution in [0, 0.1) is 5.92 Å². The number of hydrogen-bond donors (Lipinski definition) is 2. The third-order valence-corrected chi connectivity index (χ3v) is 2.51. The lowest BCUT2D eigenvalue weighted by atomic mass is 10.2. The van der Waals surface area contributed by atoms with E-state index in [9.17, 15) is 13.2 Å². The largest absolute Gasteiger partial charge is 0.416 e. The molecule has 0 amide bonds. The van der Waals surface area contributed by atoms with Gasteiger partial charge in [-0.15, -0.1) is 0 Å². The SMILES string of the molecule is CC(C)CN=C(N)Nc1cc(C(F)(F)F)ccc1Cl. The van der Waals surface area contributed by atoms with Crippen LogP contribution in [-0.2, 0) is 6.18 Å². The van der Waals surface area contributed by atoms with E-state index in [2.05, 4.69) is 10.3 Å². The van der Waals surface area contributed by atoms with Gasteiger partial charge >= 0.3 is 6.18 Å². The molecule has 0 aliphatic carbocycles. The fraction of sp³-hybridized carbons (Fsp3) is 0.417. The van der Waals surface area contributed by atoms with E-state index in [4.69, 9.17) is 17.3 Å². The fourth-order valence-electron chi connectivity index (χ4n) is 1.26. The van der Waals surface area contributed by atoms with Crippen molar-refractivity contribution >= 4 is 23.2 Å². The molecule has 106 valence electrons. The molecule has 7 heteroatoms. The molecule has 19 heavy (non-hydrogen) atoms. The van der Waals surface area contributed by atoms with Crippen molar-refractivity contribution in [3.8, 4) is 0 Å². The molecule has 0 spiro atoms. The van der Waals surface area contributed by atoms with Gasteiger partial charge in [0.2, 0.25) is 0 Å². The molecule has 3 nitrogen and oxygen atoms in total. The summed E-state index contributed by atoms with van der Waals surface area (Å²) in [7, 11) is 0. The number of alkyl halides is 3. The van der Waals surface area contributed by atoms with Crippen molar-refractivity contribution in [2.24, 2.45) is 16.6 Å². The van der Waals surface area contributed by atoms with Crippen LogP contribution in [0.2, 0.25) is 5.02 Å². The van der Waals surface area contributed by atoms with E-state index < -0.39 is 11.7 Å². The van der Waals surface area contributed by atoms with Crippen molar-refractivity contribution in [2.75, 3.05) is 11.9 Å². The maximum Gasteiger partial charge on any atom is 0.416 e. The summed E-state index contributed by atoms with van der Waals surface area (Å²) >= 11 is 5.81. The van der Waals surface area contributed by atoms with Gasteiger partial charge in [-0.05, 0) is 24.1 Å². The summed E-state index contributed by atoms with van der Waals surface area (Å²) in [6.07, 6.45) is -4.43. The zero-order chi connectivity index (χ0) is 14.6. The lowest BCUT2D eigenvalue weighted by Crippen LogP contribution is -2.24. The monoisotopic (exact) mass is 293 g/mol. The predicted octanol–water partition coefficient (Wildman–Crippen LogP) is 3.74. The van der Waals surface area contributed by atoms with E-state index >= 15 is 0 Å². The Morgan fingerprint density at radius 1 is 1.42 bits per heavy atom. The van der Waals surface area contributed by atoms with Crippen molar-refractivity contribution in [3.63, 3.8) is 0 Å². The van der Waals surface area contributed by atoms with Crippen molar-refractivity contribution in [1.82, 2.24) is 0 Å². The maximum atomic E-state index is 12.6. The van der Waals surface area contributed by atoms with Gasteiger partial charge in [0.15, 0.2) is 5.96 Å². The van der Waals surface area contributed by atoms with Gasteiger partial charge in [0, 0.05) is 6.54 Å². The molecule has 0 fully saturated rings. The molecule has 0 aliphatic rings. The molecule has 0 saturated heterocycles. The van der Waals surface area contributed by atoms with Gasteiger partial charge in [-0.25, -0.2) is 0 Å². The van der Waals surface area contributed by atoms with Gasteiger partial charge in [-0.1, -0.05) is 25.4 Å². The first-order chi connectivity index (χ1) is 8.70. The maximum absolute atomic E-state index is 12.6. The van der Waals surface area contributed by atoms with Crippen molar-refractivity contribution in [1.29, 1.82) is 0 Å². The topological polar surface area (TPSA) is 50.4 Å². The number of benzene rings is 1. The molecule has 0 atom stereocenters. The Hall–Kier alpha value is -1.43. The van der Waals surface area contributed by atoms with E-state index in [1.54, 1.807) is 0 Å². The molecule has 1 rings (SSSR count). The Morgan fingerprint density at radius 3 is 2.58 bits per heavy atom. The first kappa shape index (κ1) is 15.6. The first-order valence-electron chi connectivity index (χ1n) is 5.64. The van der Waals surface area contributed by atoms with Gasteiger partial charge in [-0.2, -0.15) is 13.2 Å². The molecular weight excluding hydrogens is 279 g/mol. The van der Waals surface area contributed by atoms with Gasteiger partial charge in [0.05, 0.1) is 16.3 Å². The average molecular weight is 294 g/mol. The third-order valence-electron chi connectivity index (χ3n) is 2.18. The van der Waals surface area contributed by atoms with Crippen molar-refractivity contribution in [2.45, 2.75) is 20.0 Å². The molecule has 1 aromatic rings. The number of anilines is 1. The Labute approximate surface area is 114 Å². The smallest absolute Gasteiger partial charge is 0.370 e. The minimum absolute atomic E-state index is 0.0370. The highest BCUT2D eigenvalue weighted by atomic mass is 35.5. The summed E-state index contributed by atoms with van der Waals surface area (Å²) in [5, 5.41) is 2.72. The second-order valence-corrected chi connectivity index (χ2v) is 4.84. The zero-order valence-electron chi connectivity index (χ0n) is 10.6. The second-order valence-electron chi connectivity index (χ2n) is 4.44. The highest BCUT2D eigenvalue weighted by Crippen LogP contribution is 2.33. The number of nitrogens with zero attached hydrogens (tertiary/aromatic N) is 1. The van der Waals surface area contributed by atoms with Crippen LogP contribution >= 0.6 is 11.6 Å². The second kappa shape index (κ2) is 6.14. The number of halogens is 4. The van der Waals surface area contributed by atoms with Crippen LogP contribution in [0.5, 0.6) is 0 Å². The van der Waals surface area contributed by atoms with E-state index in [1.165, 1.54) is 6.07 Å². The van der Waals surface area contributed by atoms with Gasteiger partial charge in [0.25, 0.3) is 0 Å². The number of rotatable bonds is 3. The third kappa shape index (κ3) is 4.98. The lowest BCUT2D eigenvalue weighted by molar-refractivity contribution is -0.137. The van der Waals surface area contributed by atoms with Crippen LogP contribution < -0.4 is 11.1 Å². The number of guanidine groups is 1. The molecule has 0 radical (unpaired) electrons. The summed E-state index contributed by atoms with van der Waals surface area (Å²) in [5.74, 6) is 0.340. The summed E-state index contributed by atoms with van der Waals surface area (Å²) in [5.41, 5.74) is 4.87. The first-order valence-corrected chi connectivity index (χ1v) is 6.01. The molecule has 0 saturated carbocycles. The number of nitrogens with two attached hydrogens (primary N) is 1.